The Hall–Kier alpha value is -0.715. The van der Waals surface area contributed by atoms with E-state index in [0.29, 0.717) is 5.46 Å². The Labute approximate surface area is 122 Å². The monoisotopic (exact) mass is 303 g/mol. The Morgan fingerprint density at radius 2 is 1.80 bits per heavy atom. The molecule has 1 aromatic rings. The number of rotatable bonds is 3. The van der Waals surface area contributed by atoms with Crippen LogP contribution in [0.2, 0.25) is 5.02 Å². The van der Waals surface area contributed by atoms with Crippen molar-refractivity contribution in [2.75, 3.05) is 0 Å². The molecule has 20 heavy (non-hydrogen) atoms. The van der Waals surface area contributed by atoms with Crippen molar-refractivity contribution in [3.63, 3.8) is 0 Å². The van der Waals surface area contributed by atoms with E-state index < -0.39 is 31.2 Å². The first kappa shape index (κ1) is 15.7. The summed E-state index contributed by atoms with van der Waals surface area (Å²) in [5.74, 6) is 0. The Bertz CT molecular complexity index is 495. The Morgan fingerprint density at radius 3 is 2.25 bits per heavy atom. The zero-order chi connectivity index (χ0) is 15.1. The topological polar surface area (TPSA) is 31.4 Å². The second kappa shape index (κ2) is 5.24. The van der Waals surface area contributed by atoms with Crippen LogP contribution < -0.4 is 5.46 Å². The van der Waals surface area contributed by atoms with E-state index in [1.807, 2.05) is 27.7 Å². The van der Waals surface area contributed by atoms with Gasteiger partial charge in [0.05, 0.1) is 28.3 Å². The Morgan fingerprint density at radius 1 is 1.25 bits per heavy atom. The summed E-state index contributed by atoms with van der Waals surface area (Å²) in [4.78, 5) is 3.99. The summed E-state index contributed by atoms with van der Waals surface area (Å²) in [5.41, 5.74) is -0.119. The second-order valence-electron chi connectivity index (χ2n) is 5.88. The number of hydrogen-bond acceptors (Lipinski definition) is 3. The second-order valence-corrected chi connectivity index (χ2v) is 6.29. The third-order valence-electron chi connectivity index (χ3n) is 3.81. The molecular weight excluding hydrogens is 286 g/mol. The van der Waals surface area contributed by atoms with E-state index in [4.69, 9.17) is 20.9 Å². The lowest BCUT2D eigenvalue weighted by Crippen LogP contribution is -2.41. The predicted octanol–water partition coefficient (Wildman–Crippen LogP) is 2.84. The van der Waals surface area contributed by atoms with Gasteiger partial charge >= 0.3 is 7.12 Å². The zero-order valence-electron chi connectivity index (χ0n) is 11.9. The molecule has 2 rings (SSSR count). The molecule has 0 radical (unpaired) electrons. The van der Waals surface area contributed by atoms with Gasteiger partial charge in [-0.05, 0) is 33.8 Å². The Kier molecular flexibility index (Phi) is 4.11. The summed E-state index contributed by atoms with van der Waals surface area (Å²) < 4.78 is 36.4. The van der Waals surface area contributed by atoms with Crippen molar-refractivity contribution in [1.82, 2.24) is 4.98 Å². The van der Waals surface area contributed by atoms with Gasteiger partial charge in [-0.2, -0.15) is 0 Å². The molecule has 0 aliphatic carbocycles. The van der Waals surface area contributed by atoms with Crippen molar-refractivity contribution in [1.29, 1.82) is 0 Å². The first-order chi connectivity index (χ1) is 9.12. The fraction of sp³-hybridized carbons (Fsp3) is 0.615. The van der Waals surface area contributed by atoms with Gasteiger partial charge in [0.15, 0.2) is 0 Å². The molecule has 0 bridgehead atoms. The molecule has 0 spiro atoms. The third kappa shape index (κ3) is 2.97. The van der Waals surface area contributed by atoms with Crippen molar-refractivity contribution in [2.24, 2.45) is 0 Å². The molecule has 0 atom stereocenters. The van der Waals surface area contributed by atoms with Crippen LogP contribution >= 0.6 is 11.6 Å². The van der Waals surface area contributed by atoms with E-state index >= 15 is 0 Å². The van der Waals surface area contributed by atoms with E-state index in [-0.39, 0.29) is 10.7 Å². The number of alkyl halides is 2. The molecule has 110 valence electrons. The molecule has 0 saturated carbocycles. The molecule has 0 unspecified atom stereocenters. The summed E-state index contributed by atoms with van der Waals surface area (Å²) in [5, 5.41) is 0.206. The van der Waals surface area contributed by atoms with Crippen LogP contribution in [0.3, 0.4) is 0 Å². The molecular formula is C13H17BClF2NO2. The van der Waals surface area contributed by atoms with Crippen molar-refractivity contribution in [3.8, 4) is 0 Å². The third-order valence-corrected chi connectivity index (χ3v) is 4.14. The highest BCUT2D eigenvalue weighted by Gasteiger charge is 2.51. The van der Waals surface area contributed by atoms with Crippen molar-refractivity contribution in [3.05, 3.63) is 23.0 Å². The lowest BCUT2D eigenvalue weighted by Gasteiger charge is -2.32. The van der Waals surface area contributed by atoms with Crippen LogP contribution in [0.1, 0.15) is 33.4 Å². The number of hydrogen-bond donors (Lipinski definition) is 0. The number of aromatic nitrogens is 1. The highest BCUT2D eigenvalue weighted by molar-refractivity contribution is 6.62. The fourth-order valence-corrected chi connectivity index (χ4v) is 2.14. The van der Waals surface area contributed by atoms with Gasteiger partial charge in [0.25, 0.3) is 0 Å². The van der Waals surface area contributed by atoms with Crippen LogP contribution in [0.25, 0.3) is 0 Å². The van der Waals surface area contributed by atoms with Gasteiger partial charge in [-0.3, -0.25) is 4.98 Å². The summed E-state index contributed by atoms with van der Waals surface area (Å²) in [6, 6.07) is 1.58. The van der Waals surface area contributed by atoms with E-state index in [1.54, 1.807) is 6.07 Å². The predicted molar refractivity (Wildman–Crippen MR) is 74.7 cm³/mol. The maximum atomic E-state index is 12.4. The highest BCUT2D eigenvalue weighted by atomic mass is 35.5. The number of halogens is 3. The average Bonchev–Trinajstić information content (AvgIpc) is 2.50. The van der Waals surface area contributed by atoms with Gasteiger partial charge in [-0.1, -0.05) is 11.6 Å². The first-order valence-electron chi connectivity index (χ1n) is 6.40. The maximum absolute atomic E-state index is 12.4. The highest BCUT2D eigenvalue weighted by Crippen LogP contribution is 2.36. The van der Waals surface area contributed by atoms with Gasteiger partial charge in [0.1, 0.15) is 0 Å². The van der Waals surface area contributed by atoms with Gasteiger partial charge < -0.3 is 9.31 Å². The Balaban J connectivity index is 2.22. The minimum absolute atomic E-state index is 0.182. The van der Waals surface area contributed by atoms with Crippen LogP contribution in [0.4, 0.5) is 8.78 Å². The zero-order valence-corrected chi connectivity index (χ0v) is 12.7. The van der Waals surface area contributed by atoms with Crippen LogP contribution in [-0.4, -0.2) is 29.7 Å². The molecule has 1 aliphatic rings. The van der Waals surface area contributed by atoms with Crippen molar-refractivity contribution >= 4 is 24.2 Å². The molecule has 1 aromatic heterocycles. The molecule has 0 amide bonds. The SMILES string of the molecule is CC1(C)OB(c2cnc(CC(F)F)c(Cl)c2)OC1(C)C. The number of nitrogens with zero attached hydrogens (tertiary/aromatic N) is 1. The quantitative estimate of drug-likeness (QED) is 0.805. The molecule has 1 saturated heterocycles. The number of pyridine rings is 1. The van der Waals surface area contributed by atoms with Gasteiger partial charge in [-0.15, -0.1) is 0 Å². The summed E-state index contributed by atoms with van der Waals surface area (Å²) in [7, 11) is -0.592. The summed E-state index contributed by atoms with van der Waals surface area (Å²) >= 11 is 5.99. The molecule has 3 nitrogen and oxygen atoms in total. The minimum Gasteiger partial charge on any atom is -0.399 e. The van der Waals surface area contributed by atoms with Gasteiger partial charge in [-0.25, -0.2) is 8.78 Å². The van der Waals surface area contributed by atoms with Crippen LogP contribution in [0.5, 0.6) is 0 Å². The van der Waals surface area contributed by atoms with Crippen LogP contribution in [0, 0.1) is 0 Å². The van der Waals surface area contributed by atoms with E-state index in [1.165, 1.54) is 6.20 Å². The molecule has 0 N–H and O–H groups in total. The summed E-state index contributed by atoms with van der Waals surface area (Å²) in [6.07, 6.45) is -1.45. The minimum atomic E-state index is -2.47. The van der Waals surface area contributed by atoms with Gasteiger partial charge in [0, 0.05) is 11.7 Å². The largest absolute Gasteiger partial charge is 0.496 e. The average molecular weight is 304 g/mol. The van der Waals surface area contributed by atoms with Crippen LogP contribution in [0.15, 0.2) is 12.3 Å². The molecule has 0 aromatic carbocycles. The van der Waals surface area contributed by atoms with E-state index in [2.05, 4.69) is 4.98 Å². The molecule has 1 aliphatic heterocycles. The normalized spacial score (nSPS) is 20.7. The molecule has 7 heteroatoms. The molecule has 1 fully saturated rings. The first-order valence-corrected chi connectivity index (χ1v) is 6.78. The lowest BCUT2D eigenvalue weighted by molar-refractivity contribution is 0.00578. The standard InChI is InChI=1S/C13H17BClF2NO2/c1-12(2)13(3,4)20-14(19-12)8-5-9(15)10(18-7-8)6-11(16)17/h5,7,11H,6H2,1-4H3. The van der Waals surface area contributed by atoms with E-state index in [9.17, 15) is 8.78 Å². The fourth-order valence-electron chi connectivity index (χ4n) is 1.89. The molecule has 2 heterocycles. The van der Waals surface area contributed by atoms with Crippen LogP contribution in [-0.2, 0) is 15.7 Å². The van der Waals surface area contributed by atoms with E-state index in [0.717, 1.165) is 0 Å². The van der Waals surface area contributed by atoms with Crippen molar-refractivity contribution in [2.45, 2.75) is 51.7 Å². The maximum Gasteiger partial charge on any atom is 0.496 e. The van der Waals surface area contributed by atoms with Gasteiger partial charge in [0.2, 0.25) is 6.43 Å². The lowest BCUT2D eigenvalue weighted by atomic mass is 9.80. The summed E-state index contributed by atoms with van der Waals surface area (Å²) in [6.45, 7) is 7.75. The van der Waals surface area contributed by atoms with Crippen molar-refractivity contribution < 1.29 is 18.1 Å². The smallest absolute Gasteiger partial charge is 0.399 e.